The van der Waals surface area contributed by atoms with Crippen molar-refractivity contribution >= 4 is 17.6 Å². The molecule has 0 saturated heterocycles. The number of benzene rings is 2. The summed E-state index contributed by atoms with van der Waals surface area (Å²) in [6.07, 6.45) is 2.12. The van der Waals surface area contributed by atoms with Crippen molar-refractivity contribution in [2.75, 3.05) is 0 Å². The Morgan fingerprint density at radius 3 is 2.54 bits per heavy atom. The molecule has 1 saturated carbocycles. The number of halogens is 1. The Morgan fingerprint density at radius 1 is 1.12 bits per heavy atom. The largest absolute Gasteiger partial charge is 0.478 e. The van der Waals surface area contributed by atoms with Gasteiger partial charge >= 0.3 is 5.97 Å². The fraction of sp³-hybridized carbons (Fsp3) is 0.176. The predicted octanol–water partition coefficient (Wildman–Crippen LogP) is 3.56. The summed E-state index contributed by atoms with van der Waals surface area (Å²) in [5.74, 6) is 0.139. The average Bonchev–Trinajstić information content (AvgIpc) is 3.31. The Hall–Kier alpha value is -2.73. The van der Waals surface area contributed by atoms with Gasteiger partial charge in [0.25, 0.3) is 0 Å². The lowest BCUT2D eigenvalue weighted by Crippen LogP contribution is -2.05. The van der Waals surface area contributed by atoms with E-state index in [9.17, 15) is 9.90 Å². The van der Waals surface area contributed by atoms with Gasteiger partial charge in [0.05, 0.1) is 11.3 Å². The molecule has 0 radical (unpaired) electrons. The van der Waals surface area contributed by atoms with Gasteiger partial charge in [-0.25, -0.2) is 4.79 Å². The maximum absolute atomic E-state index is 11.5. The highest BCUT2D eigenvalue weighted by atomic mass is 35.5. The second kappa shape index (κ2) is 5.72. The molecule has 1 aliphatic carbocycles. The number of hydrogen-bond donors (Lipinski definition) is 1. The van der Waals surface area contributed by atoms with E-state index in [1.807, 2.05) is 18.2 Å². The van der Waals surface area contributed by atoms with Gasteiger partial charge in [-0.15, -0.1) is 5.10 Å². The first-order chi connectivity index (χ1) is 11.6. The zero-order valence-electron chi connectivity index (χ0n) is 12.6. The molecule has 7 heteroatoms. The molecule has 1 N–H and O–H groups in total. The van der Waals surface area contributed by atoms with Crippen LogP contribution in [0.5, 0.6) is 0 Å². The highest BCUT2D eigenvalue weighted by molar-refractivity contribution is 6.30. The van der Waals surface area contributed by atoms with Crippen molar-refractivity contribution < 1.29 is 9.90 Å². The molecule has 0 amide bonds. The van der Waals surface area contributed by atoms with E-state index in [2.05, 4.69) is 15.5 Å². The van der Waals surface area contributed by atoms with Crippen LogP contribution in [0.4, 0.5) is 0 Å². The first-order valence-corrected chi connectivity index (χ1v) is 7.92. The van der Waals surface area contributed by atoms with E-state index in [0.29, 0.717) is 16.6 Å². The van der Waals surface area contributed by atoms with Crippen molar-refractivity contribution in [3.8, 4) is 16.8 Å². The molecular weight excluding hydrogens is 328 g/mol. The number of carboxylic acids is 1. The number of aromatic nitrogens is 4. The Morgan fingerprint density at radius 2 is 1.88 bits per heavy atom. The van der Waals surface area contributed by atoms with Crippen molar-refractivity contribution in [2.45, 2.75) is 18.8 Å². The topological polar surface area (TPSA) is 80.9 Å². The fourth-order valence-electron chi connectivity index (χ4n) is 2.64. The van der Waals surface area contributed by atoms with Crippen LogP contribution in [-0.2, 0) is 0 Å². The summed E-state index contributed by atoms with van der Waals surface area (Å²) in [6.45, 7) is 0. The number of carbonyl (C=O) groups is 1. The molecular formula is C17H13ClN4O2. The molecule has 0 bridgehead atoms. The molecule has 3 aromatic rings. The number of hydrogen-bond acceptors (Lipinski definition) is 4. The second-order valence-electron chi connectivity index (χ2n) is 5.80. The first-order valence-electron chi connectivity index (χ1n) is 7.55. The number of carboxylic acid groups (broad SMARTS) is 1. The van der Waals surface area contributed by atoms with Crippen LogP contribution in [0.1, 0.15) is 34.9 Å². The molecule has 1 fully saturated rings. The molecule has 0 atom stereocenters. The third-order valence-electron chi connectivity index (χ3n) is 4.02. The Labute approximate surface area is 142 Å². The highest BCUT2D eigenvalue weighted by Gasteiger charge is 2.30. The molecule has 1 aliphatic rings. The molecule has 0 aliphatic heterocycles. The van der Waals surface area contributed by atoms with Gasteiger partial charge in [-0.3, -0.25) is 0 Å². The van der Waals surface area contributed by atoms with Crippen LogP contribution in [0.2, 0.25) is 5.02 Å². The summed E-state index contributed by atoms with van der Waals surface area (Å²) < 4.78 is 1.63. The van der Waals surface area contributed by atoms with Gasteiger partial charge in [-0.2, -0.15) is 4.68 Å². The summed E-state index contributed by atoms with van der Waals surface area (Å²) in [4.78, 5) is 11.5. The summed E-state index contributed by atoms with van der Waals surface area (Å²) in [5.41, 5.74) is 2.49. The zero-order valence-corrected chi connectivity index (χ0v) is 13.3. The van der Waals surface area contributed by atoms with E-state index in [-0.39, 0.29) is 5.56 Å². The minimum absolute atomic E-state index is 0.190. The quantitative estimate of drug-likeness (QED) is 0.785. The lowest BCUT2D eigenvalue weighted by atomic mass is 10.0. The minimum atomic E-state index is -0.992. The number of rotatable bonds is 4. The Balaban J connectivity index is 1.86. The monoisotopic (exact) mass is 340 g/mol. The smallest absolute Gasteiger partial charge is 0.335 e. The van der Waals surface area contributed by atoms with Crippen molar-refractivity contribution in [1.82, 2.24) is 20.2 Å². The zero-order chi connectivity index (χ0) is 16.7. The number of aromatic carboxylic acids is 1. The molecule has 120 valence electrons. The molecule has 0 unspecified atom stereocenters. The van der Waals surface area contributed by atoms with Crippen LogP contribution < -0.4 is 0 Å². The molecule has 1 aromatic heterocycles. The SMILES string of the molecule is O=C(O)c1cc(-c2ccc(Cl)cc2)cc(-n2nnnc2C2CC2)c1. The van der Waals surface area contributed by atoms with E-state index in [1.54, 1.807) is 28.9 Å². The minimum Gasteiger partial charge on any atom is -0.478 e. The van der Waals surface area contributed by atoms with Crippen LogP contribution in [0.25, 0.3) is 16.8 Å². The molecule has 4 rings (SSSR count). The van der Waals surface area contributed by atoms with E-state index in [1.165, 1.54) is 0 Å². The van der Waals surface area contributed by atoms with Crippen LogP contribution >= 0.6 is 11.6 Å². The second-order valence-corrected chi connectivity index (χ2v) is 6.24. The van der Waals surface area contributed by atoms with E-state index in [4.69, 9.17) is 11.6 Å². The molecule has 0 spiro atoms. The number of tetrazole rings is 1. The molecule has 2 aromatic carbocycles. The van der Waals surface area contributed by atoms with Gasteiger partial charge in [0.15, 0.2) is 5.82 Å². The van der Waals surface area contributed by atoms with Crippen molar-refractivity contribution in [1.29, 1.82) is 0 Å². The number of nitrogens with zero attached hydrogens (tertiary/aromatic N) is 4. The van der Waals surface area contributed by atoms with Crippen LogP contribution in [0, 0.1) is 0 Å². The Kier molecular flexibility index (Phi) is 3.54. The fourth-order valence-corrected chi connectivity index (χ4v) is 2.77. The average molecular weight is 341 g/mol. The van der Waals surface area contributed by atoms with E-state index >= 15 is 0 Å². The normalized spacial score (nSPS) is 13.9. The van der Waals surface area contributed by atoms with Crippen LogP contribution in [0.3, 0.4) is 0 Å². The van der Waals surface area contributed by atoms with Gasteiger partial charge < -0.3 is 5.11 Å². The molecule has 1 heterocycles. The van der Waals surface area contributed by atoms with Gasteiger partial charge in [0.1, 0.15) is 0 Å². The lowest BCUT2D eigenvalue weighted by molar-refractivity contribution is 0.0697. The van der Waals surface area contributed by atoms with Gasteiger partial charge in [-0.05, 0) is 64.7 Å². The molecule has 24 heavy (non-hydrogen) atoms. The summed E-state index contributed by atoms with van der Waals surface area (Å²) in [7, 11) is 0. The van der Waals surface area contributed by atoms with Gasteiger partial charge in [0.2, 0.25) is 0 Å². The summed E-state index contributed by atoms with van der Waals surface area (Å²) >= 11 is 5.93. The maximum atomic E-state index is 11.5. The third kappa shape index (κ3) is 2.76. The predicted molar refractivity (Wildman–Crippen MR) is 88.5 cm³/mol. The first kappa shape index (κ1) is 14.8. The third-order valence-corrected chi connectivity index (χ3v) is 4.27. The highest BCUT2D eigenvalue weighted by Crippen LogP contribution is 2.39. The summed E-state index contributed by atoms with van der Waals surface area (Å²) in [5, 5.41) is 21.9. The van der Waals surface area contributed by atoms with Crippen molar-refractivity contribution in [3.05, 3.63) is 58.9 Å². The maximum Gasteiger partial charge on any atom is 0.335 e. The Bertz CT molecular complexity index is 917. The van der Waals surface area contributed by atoms with E-state index in [0.717, 1.165) is 29.8 Å². The van der Waals surface area contributed by atoms with Gasteiger partial charge in [0, 0.05) is 10.9 Å². The van der Waals surface area contributed by atoms with Crippen molar-refractivity contribution in [3.63, 3.8) is 0 Å². The standard InChI is InChI=1S/C17H13ClN4O2/c18-14-5-3-10(4-6-14)12-7-13(17(23)24)9-15(8-12)22-16(11-1-2-11)19-20-21-22/h3-9,11H,1-2H2,(H,23,24). The van der Waals surface area contributed by atoms with Crippen LogP contribution in [-0.4, -0.2) is 31.3 Å². The van der Waals surface area contributed by atoms with Crippen molar-refractivity contribution in [2.24, 2.45) is 0 Å². The van der Waals surface area contributed by atoms with E-state index < -0.39 is 5.97 Å². The summed E-state index contributed by atoms with van der Waals surface area (Å²) in [6, 6.07) is 12.4. The van der Waals surface area contributed by atoms with Crippen LogP contribution in [0.15, 0.2) is 42.5 Å². The lowest BCUT2D eigenvalue weighted by Gasteiger charge is -2.09. The molecule has 6 nitrogen and oxygen atoms in total. The van der Waals surface area contributed by atoms with Gasteiger partial charge in [-0.1, -0.05) is 23.7 Å².